The molecule has 1 atom stereocenters. The SMILES string of the molecule is O=C(O)CC[C@H](NC(=O)Cc1cccc2ccccc12)C(=O)O. The zero-order chi connectivity index (χ0) is 16.8. The molecule has 2 rings (SSSR count). The highest BCUT2D eigenvalue weighted by Crippen LogP contribution is 2.18. The van der Waals surface area contributed by atoms with E-state index in [1.165, 1.54) is 0 Å². The topological polar surface area (TPSA) is 104 Å². The van der Waals surface area contributed by atoms with Gasteiger partial charge in [-0.2, -0.15) is 0 Å². The van der Waals surface area contributed by atoms with Gasteiger partial charge >= 0.3 is 11.9 Å². The van der Waals surface area contributed by atoms with Crippen LogP contribution in [-0.2, 0) is 20.8 Å². The van der Waals surface area contributed by atoms with Crippen LogP contribution < -0.4 is 5.32 Å². The number of hydrogen-bond donors (Lipinski definition) is 3. The van der Waals surface area contributed by atoms with Crippen LogP contribution in [0.15, 0.2) is 42.5 Å². The fourth-order valence-corrected chi connectivity index (χ4v) is 2.39. The Kier molecular flexibility index (Phi) is 5.30. The summed E-state index contributed by atoms with van der Waals surface area (Å²) in [6.07, 6.45) is -0.421. The number of rotatable bonds is 7. The lowest BCUT2D eigenvalue weighted by Gasteiger charge is -2.14. The van der Waals surface area contributed by atoms with E-state index in [2.05, 4.69) is 5.32 Å². The van der Waals surface area contributed by atoms with Gasteiger partial charge in [0.05, 0.1) is 6.42 Å². The zero-order valence-electron chi connectivity index (χ0n) is 12.4. The Hall–Kier alpha value is -2.89. The van der Waals surface area contributed by atoms with Crippen molar-refractivity contribution in [3.05, 3.63) is 48.0 Å². The molecule has 0 saturated heterocycles. The number of carboxylic acid groups (broad SMARTS) is 2. The molecule has 0 fully saturated rings. The quantitative estimate of drug-likeness (QED) is 0.723. The molecular weight excluding hydrogens is 298 g/mol. The Morgan fingerprint density at radius 1 is 1.00 bits per heavy atom. The first-order valence-electron chi connectivity index (χ1n) is 7.18. The maximum Gasteiger partial charge on any atom is 0.326 e. The van der Waals surface area contributed by atoms with E-state index in [4.69, 9.17) is 10.2 Å². The van der Waals surface area contributed by atoms with Gasteiger partial charge in [0, 0.05) is 6.42 Å². The smallest absolute Gasteiger partial charge is 0.326 e. The second-order valence-corrected chi connectivity index (χ2v) is 5.21. The third kappa shape index (κ3) is 4.54. The summed E-state index contributed by atoms with van der Waals surface area (Å²) >= 11 is 0. The van der Waals surface area contributed by atoms with Crippen LogP contribution in [0.3, 0.4) is 0 Å². The molecule has 0 aromatic heterocycles. The first-order valence-corrected chi connectivity index (χ1v) is 7.18. The number of fused-ring (bicyclic) bond motifs is 1. The van der Waals surface area contributed by atoms with Crippen molar-refractivity contribution in [2.45, 2.75) is 25.3 Å². The van der Waals surface area contributed by atoms with E-state index in [1.807, 2.05) is 42.5 Å². The van der Waals surface area contributed by atoms with Gasteiger partial charge in [-0.25, -0.2) is 4.79 Å². The molecule has 0 aliphatic heterocycles. The number of carbonyl (C=O) groups is 3. The monoisotopic (exact) mass is 315 g/mol. The molecule has 1 amide bonds. The van der Waals surface area contributed by atoms with Crippen molar-refractivity contribution in [3.8, 4) is 0 Å². The van der Waals surface area contributed by atoms with Crippen LogP contribution in [0.25, 0.3) is 10.8 Å². The Morgan fingerprint density at radius 3 is 2.39 bits per heavy atom. The lowest BCUT2D eigenvalue weighted by molar-refractivity contribution is -0.143. The molecule has 0 radical (unpaired) electrons. The normalized spacial score (nSPS) is 11.8. The van der Waals surface area contributed by atoms with Crippen LogP contribution in [-0.4, -0.2) is 34.1 Å². The van der Waals surface area contributed by atoms with Crippen LogP contribution in [0.5, 0.6) is 0 Å². The molecule has 6 heteroatoms. The van der Waals surface area contributed by atoms with Crippen molar-refractivity contribution in [1.82, 2.24) is 5.32 Å². The van der Waals surface area contributed by atoms with Gasteiger partial charge < -0.3 is 15.5 Å². The molecule has 2 aromatic carbocycles. The minimum Gasteiger partial charge on any atom is -0.481 e. The maximum absolute atomic E-state index is 12.1. The van der Waals surface area contributed by atoms with Gasteiger partial charge in [0.1, 0.15) is 6.04 Å². The Labute approximate surface area is 132 Å². The fourth-order valence-electron chi connectivity index (χ4n) is 2.39. The van der Waals surface area contributed by atoms with Crippen LogP contribution in [0.2, 0.25) is 0 Å². The molecule has 0 aliphatic carbocycles. The Bertz CT molecular complexity index is 735. The first-order chi connectivity index (χ1) is 11.0. The standard InChI is InChI=1S/C17H17NO5/c19-15(18-14(17(22)23)8-9-16(20)21)10-12-6-3-5-11-4-1-2-7-13(11)12/h1-7,14H,8-10H2,(H,18,19)(H,20,21)(H,22,23)/t14-/m0/s1. The minimum atomic E-state index is -1.24. The molecule has 0 saturated carbocycles. The number of aliphatic carboxylic acids is 2. The van der Waals surface area contributed by atoms with E-state index in [9.17, 15) is 14.4 Å². The summed E-state index contributed by atoms with van der Waals surface area (Å²) in [7, 11) is 0. The van der Waals surface area contributed by atoms with E-state index in [1.54, 1.807) is 0 Å². The number of carboxylic acids is 2. The zero-order valence-corrected chi connectivity index (χ0v) is 12.4. The van der Waals surface area contributed by atoms with E-state index < -0.39 is 23.9 Å². The van der Waals surface area contributed by atoms with Gasteiger partial charge in [-0.3, -0.25) is 9.59 Å². The van der Waals surface area contributed by atoms with Crippen molar-refractivity contribution in [2.75, 3.05) is 0 Å². The third-order valence-corrected chi connectivity index (χ3v) is 3.51. The summed E-state index contributed by atoms with van der Waals surface area (Å²) in [5.74, 6) is -2.78. The summed E-state index contributed by atoms with van der Waals surface area (Å²) < 4.78 is 0. The maximum atomic E-state index is 12.1. The van der Waals surface area contributed by atoms with Crippen LogP contribution in [0.1, 0.15) is 18.4 Å². The van der Waals surface area contributed by atoms with Crippen molar-refractivity contribution in [2.24, 2.45) is 0 Å². The molecule has 0 heterocycles. The average molecular weight is 315 g/mol. The van der Waals surface area contributed by atoms with Crippen molar-refractivity contribution < 1.29 is 24.6 Å². The summed E-state index contributed by atoms with van der Waals surface area (Å²) in [4.78, 5) is 33.7. The highest BCUT2D eigenvalue weighted by Gasteiger charge is 2.21. The van der Waals surface area contributed by atoms with Crippen molar-refractivity contribution in [1.29, 1.82) is 0 Å². The minimum absolute atomic E-state index is 0.0399. The van der Waals surface area contributed by atoms with E-state index >= 15 is 0 Å². The van der Waals surface area contributed by atoms with E-state index in [0.29, 0.717) is 0 Å². The van der Waals surface area contributed by atoms with Gasteiger partial charge in [-0.1, -0.05) is 42.5 Å². The molecule has 3 N–H and O–H groups in total. The molecule has 0 bridgehead atoms. The predicted octanol–water partition coefficient (Wildman–Crippen LogP) is 1.82. The molecule has 0 spiro atoms. The van der Waals surface area contributed by atoms with E-state index in [0.717, 1.165) is 16.3 Å². The summed E-state index contributed by atoms with van der Waals surface area (Å²) in [6.45, 7) is 0. The fraction of sp³-hybridized carbons (Fsp3) is 0.235. The van der Waals surface area contributed by atoms with Crippen molar-refractivity contribution >= 4 is 28.6 Å². The average Bonchev–Trinajstić information content (AvgIpc) is 2.51. The third-order valence-electron chi connectivity index (χ3n) is 3.51. The molecular formula is C17H17NO5. The summed E-state index contributed by atoms with van der Waals surface area (Å²) in [5, 5.41) is 22.0. The highest BCUT2D eigenvalue weighted by atomic mass is 16.4. The van der Waals surface area contributed by atoms with Crippen LogP contribution in [0.4, 0.5) is 0 Å². The van der Waals surface area contributed by atoms with Crippen LogP contribution >= 0.6 is 0 Å². The number of nitrogens with one attached hydrogen (secondary N) is 1. The molecule has 2 aromatic rings. The lowest BCUT2D eigenvalue weighted by atomic mass is 10.0. The van der Waals surface area contributed by atoms with Gasteiger partial charge in [-0.15, -0.1) is 0 Å². The van der Waals surface area contributed by atoms with Crippen LogP contribution in [0, 0.1) is 0 Å². The number of hydrogen-bond acceptors (Lipinski definition) is 3. The molecule has 0 aliphatic rings. The number of benzene rings is 2. The number of carbonyl (C=O) groups excluding carboxylic acids is 1. The number of amides is 1. The second kappa shape index (κ2) is 7.40. The van der Waals surface area contributed by atoms with Crippen molar-refractivity contribution in [3.63, 3.8) is 0 Å². The first kappa shape index (κ1) is 16.5. The molecule has 120 valence electrons. The second-order valence-electron chi connectivity index (χ2n) is 5.21. The van der Waals surface area contributed by atoms with Gasteiger partial charge in [-0.05, 0) is 22.8 Å². The summed E-state index contributed by atoms with van der Waals surface area (Å²) in [6, 6.07) is 12.0. The summed E-state index contributed by atoms with van der Waals surface area (Å²) in [5.41, 5.74) is 0.794. The van der Waals surface area contributed by atoms with Gasteiger partial charge in [0.15, 0.2) is 0 Å². The molecule has 6 nitrogen and oxygen atoms in total. The van der Waals surface area contributed by atoms with Gasteiger partial charge in [0.25, 0.3) is 0 Å². The lowest BCUT2D eigenvalue weighted by Crippen LogP contribution is -2.41. The highest BCUT2D eigenvalue weighted by molar-refractivity contribution is 5.91. The Balaban J connectivity index is 2.08. The van der Waals surface area contributed by atoms with Gasteiger partial charge in [0.2, 0.25) is 5.91 Å². The molecule has 23 heavy (non-hydrogen) atoms. The predicted molar refractivity (Wildman–Crippen MR) is 84.1 cm³/mol. The largest absolute Gasteiger partial charge is 0.481 e. The molecule has 0 unspecified atom stereocenters. The van der Waals surface area contributed by atoms with E-state index in [-0.39, 0.29) is 19.3 Å². The Morgan fingerprint density at radius 2 is 1.70 bits per heavy atom.